The van der Waals surface area contributed by atoms with Crippen LogP contribution in [0.15, 0.2) is 0 Å². The molecule has 2 saturated carbocycles. The fourth-order valence-corrected chi connectivity index (χ4v) is 5.32. The topological polar surface area (TPSA) is 97.9 Å². The fraction of sp³-hybridized carbons (Fsp3) is 0.900. The number of rotatable bonds is 3. The van der Waals surface area contributed by atoms with Gasteiger partial charge in [0.2, 0.25) is 0 Å². The molecular formula is C20H33N3O5. The van der Waals surface area contributed by atoms with Gasteiger partial charge in [0.05, 0.1) is 24.8 Å². The Labute approximate surface area is 166 Å². The van der Waals surface area contributed by atoms with Gasteiger partial charge < -0.3 is 30.2 Å². The highest BCUT2D eigenvalue weighted by molar-refractivity contribution is 5.75. The van der Waals surface area contributed by atoms with Crippen molar-refractivity contribution in [2.45, 2.75) is 82.7 Å². The second-order valence-corrected chi connectivity index (χ2v) is 9.65. The Bertz CT molecular complexity index is 615. The molecule has 3 unspecified atom stereocenters. The van der Waals surface area contributed by atoms with Crippen molar-refractivity contribution in [3.63, 3.8) is 0 Å². The van der Waals surface area contributed by atoms with E-state index in [2.05, 4.69) is 16.0 Å². The first kappa shape index (κ1) is 19.8. The number of carbonyl (C=O) groups is 2. The van der Waals surface area contributed by atoms with Crippen molar-refractivity contribution in [1.29, 1.82) is 0 Å². The van der Waals surface area contributed by atoms with Crippen molar-refractivity contribution in [1.82, 2.24) is 16.0 Å². The molecule has 2 aliphatic carbocycles. The van der Waals surface area contributed by atoms with Gasteiger partial charge in [0.15, 0.2) is 0 Å². The number of carbonyl (C=O) groups excluding carboxylic acids is 2. The Kier molecular flexibility index (Phi) is 5.20. The predicted octanol–water partition coefficient (Wildman–Crippen LogP) is 1.93. The highest BCUT2D eigenvalue weighted by atomic mass is 16.6. The molecular weight excluding hydrogens is 362 g/mol. The number of alkyl carbamates (subject to hydrolysis) is 1. The van der Waals surface area contributed by atoms with Crippen LogP contribution in [-0.2, 0) is 14.2 Å². The van der Waals surface area contributed by atoms with Crippen LogP contribution in [0.5, 0.6) is 0 Å². The Morgan fingerprint density at radius 3 is 2.50 bits per heavy atom. The summed E-state index contributed by atoms with van der Waals surface area (Å²) in [5.41, 5.74) is -0.413. The van der Waals surface area contributed by atoms with E-state index in [0.29, 0.717) is 31.7 Å². The normalized spacial score (nSPS) is 35.9. The molecule has 3 N–H and O–H groups in total. The molecule has 28 heavy (non-hydrogen) atoms. The lowest BCUT2D eigenvalue weighted by Gasteiger charge is -2.63. The van der Waals surface area contributed by atoms with Crippen LogP contribution < -0.4 is 16.0 Å². The maximum absolute atomic E-state index is 12.7. The van der Waals surface area contributed by atoms with Crippen molar-refractivity contribution >= 4 is 12.1 Å². The molecule has 4 rings (SSSR count). The zero-order valence-electron chi connectivity index (χ0n) is 17.1. The molecule has 0 aromatic heterocycles. The minimum atomic E-state index is -0.568. The lowest BCUT2D eigenvalue weighted by molar-refractivity contribution is -0.172. The quantitative estimate of drug-likeness (QED) is 0.678. The summed E-state index contributed by atoms with van der Waals surface area (Å²) < 4.78 is 16.8. The van der Waals surface area contributed by atoms with Crippen molar-refractivity contribution < 1.29 is 23.8 Å². The van der Waals surface area contributed by atoms with Gasteiger partial charge in [0.25, 0.3) is 0 Å². The molecule has 0 radical (unpaired) electrons. The third kappa shape index (κ3) is 3.68. The monoisotopic (exact) mass is 395 g/mol. The highest BCUT2D eigenvalue weighted by Gasteiger charge is 2.67. The molecule has 4 aliphatic rings. The van der Waals surface area contributed by atoms with Gasteiger partial charge in [-0.05, 0) is 46.5 Å². The van der Waals surface area contributed by atoms with Crippen molar-refractivity contribution in [3.05, 3.63) is 0 Å². The molecule has 2 saturated heterocycles. The largest absolute Gasteiger partial charge is 0.444 e. The van der Waals surface area contributed by atoms with E-state index in [-0.39, 0.29) is 29.6 Å². The van der Waals surface area contributed by atoms with E-state index in [0.717, 1.165) is 25.9 Å². The molecule has 0 bridgehead atoms. The molecule has 4 fully saturated rings. The predicted molar refractivity (Wildman–Crippen MR) is 102 cm³/mol. The van der Waals surface area contributed by atoms with Gasteiger partial charge in [0, 0.05) is 30.6 Å². The summed E-state index contributed by atoms with van der Waals surface area (Å²) in [5.74, 6) is 0.441. The Hall–Kier alpha value is -1.54. The van der Waals surface area contributed by atoms with E-state index in [1.165, 1.54) is 6.42 Å². The number of nitrogens with one attached hydrogen (secondary N) is 3. The van der Waals surface area contributed by atoms with Gasteiger partial charge in [-0.2, -0.15) is 0 Å². The molecule has 0 aromatic carbocycles. The van der Waals surface area contributed by atoms with E-state index in [1.54, 1.807) is 0 Å². The van der Waals surface area contributed by atoms with Crippen LogP contribution in [0.3, 0.4) is 0 Å². The van der Waals surface area contributed by atoms with Gasteiger partial charge in [-0.25, -0.2) is 9.59 Å². The smallest absolute Gasteiger partial charge is 0.408 e. The lowest BCUT2D eigenvalue weighted by atomic mass is 9.46. The SMILES string of the molecule is CC(C)(C)OC(=O)N[C@@H]1COCC[C@@H]1NC(=O)NC1C2CCOC2C12CCC2. The first-order valence-corrected chi connectivity index (χ1v) is 10.5. The van der Waals surface area contributed by atoms with Crippen LogP contribution in [-0.4, -0.2) is 61.8 Å². The van der Waals surface area contributed by atoms with Crippen LogP contribution in [0.1, 0.15) is 52.9 Å². The van der Waals surface area contributed by atoms with Crippen LogP contribution in [0.25, 0.3) is 0 Å². The van der Waals surface area contributed by atoms with Gasteiger partial charge >= 0.3 is 12.1 Å². The Morgan fingerprint density at radius 2 is 1.82 bits per heavy atom. The summed E-state index contributed by atoms with van der Waals surface area (Å²) in [7, 11) is 0. The molecule has 3 amide bonds. The highest BCUT2D eigenvalue weighted by Crippen LogP contribution is 2.62. The molecule has 1 spiro atoms. The number of hydrogen-bond donors (Lipinski definition) is 3. The summed E-state index contributed by atoms with van der Waals surface area (Å²) in [6.45, 7) is 7.18. The fourth-order valence-electron chi connectivity index (χ4n) is 5.32. The van der Waals surface area contributed by atoms with Crippen molar-refractivity contribution in [2.75, 3.05) is 19.8 Å². The standard InChI is InChI=1S/C20H33N3O5/c1-19(2,3)28-18(25)22-14-11-26-9-6-13(14)21-17(24)23-15-12-5-10-27-16(12)20(15)7-4-8-20/h12-16H,4-11H2,1-3H3,(H,22,25)(H2,21,23,24)/t12?,13-,14+,15?,16?/m0/s1. The molecule has 0 aromatic rings. The van der Waals surface area contributed by atoms with Crippen molar-refractivity contribution in [3.8, 4) is 0 Å². The van der Waals surface area contributed by atoms with E-state index in [4.69, 9.17) is 14.2 Å². The molecule has 2 heterocycles. The zero-order chi connectivity index (χ0) is 19.9. The van der Waals surface area contributed by atoms with Gasteiger partial charge in [0.1, 0.15) is 5.60 Å². The summed E-state index contributed by atoms with van der Waals surface area (Å²) in [6.07, 6.45) is 5.01. The van der Waals surface area contributed by atoms with E-state index >= 15 is 0 Å². The number of fused-ring (bicyclic) bond motifs is 2. The third-order valence-electron chi connectivity index (χ3n) is 6.70. The van der Waals surface area contributed by atoms with Gasteiger partial charge in [-0.3, -0.25) is 0 Å². The molecule has 158 valence electrons. The number of urea groups is 1. The Balaban J connectivity index is 1.32. The van der Waals surface area contributed by atoms with E-state index in [9.17, 15) is 9.59 Å². The molecule has 8 nitrogen and oxygen atoms in total. The Morgan fingerprint density at radius 1 is 1.04 bits per heavy atom. The minimum Gasteiger partial charge on any atom is -0.444 e. The number of hydrogen-bond acceptors (Lipinski definition) is 5. The zero-order valence-corrected chi connectivity index (χ0v) is 17.1. The third-order valence-corrected chi connectivity index (χ3v) is 6.70. The summed E-state index contributed by atoms with van der Waals surface area (Å²) in [6, 6.07) is -0.458. The van der Waals surface area contributed by atoms with E-state index in [1.807, 2.05) is 20.8 Å². The molecule has 5 atom stereocenters. The maximum atomic E-state index is 12.7. The summed E-state index contributed by atoms with van der Waals surface area (Å²) in [4.78, 5) is 24.9. The number of amides is 3. The second-order valence-electron chi connectivity index (χ2n) is 9.65. The second kappa shape index (κ2) is 7.37. The van der Waals surface area contributed by atoms with Crippen molar-refractivity contribution in [2.24, 2.45) is 11.3 Å². The van der Waals surface area contributed by atoms with Gasteiger partial charge in [-0.1, -0.05) is 6.42 Å². The van der Waals surface area contributed by atoms with Crippen LogP contribution in [0, 0.1) is 11.3 Å². The first-order valence-electron chi connectivity index (χ1n) is 10.5. The molecule has 2 aliphatic heterocycles. The van der Waals surface area contributed by atoms with E-state index < -0.39 is 11.7 Å². The molecule has 8 heteroatoms. The van der Waals surface area contributed by atoms with Crippen LogP contribution in [0.4, 0.5) is 9.59 Å². The lowest BCUT2D eigenvalue weighted by Crippen LogP contribution is -2.73. The summed E-state index contributed by atoms with van der Waals surface area (Å²) in [5, 5.41) is 9.13. The average molecular weight is 396 g/mol. The van der Waals surface area contributed by atoms with Gasteiger partial charge in [-0.15, -0.1) is 0 Å². The van der Waals surface area contributed by atoms with Crippen LogP contribution in [0.2, 0.25) is 0 Å². The number of ether oxygens (including phenoxy) is 3. The first-order chi connectivity index (χ1) is 13.3. The average Bonchev–Trinajstić information content (AvgIpc) is 2.96. The maximum Gasteiger partial charge on any atom is 0.408 e. The minimum absolute atomic E-state index is 0.155. The van der Waals surface area contributed by atoms with Crippen LogP contribution >= 0.6 is 0 Å². The summed E-state index contributed by atoms with van der Waals surface area (Å²) >= 11 is 0.